The van der Waals surface area contributed by atoms with Gasteiger partial charge in [0.05, 0.1) is 11.9 Å². The van der Waals surface area contributed by atoms with Gasteiger partial charge in [-0.25, -0.2) is 0 Å². The number of rotatable bonds is 6. The summed E-state index contributed by atoms with van der Waals surface area (Å²) in [5.74, 6) is 3.23. The minimum Gasteiger partial charge on any atom is -0.393 e. The molecule has 0 bridgehead atoms. The van der Waals surface area contributed by atoms with E-state index in [0.717, 1.165) is 30.6 Å². The van der Waals surface area contributed by atoms with Crippen LogP contribution in [0, 0.1) is 46.3 Å². The summed E-state index contributed by atoms with van der Waals surface area (Å²) in [6, 6.07) is 0. The molecule has 4 aliphatic rings. The average molecular weight is 470 g/mol. The number of hydrogen-bond donors (Lipinski definition) is 3. The SMILES string of the molecule is C[C@H](CC(=O)NCCS(=O)(=O)O)[C@H]1CC[C@H]2[C@@H]3CC[C@@H]4C[C@H](O)CC[C@]4(C)[C@H]3CC[C@]12C. The van der Waals surface area contributed by atoms with Crippen molar-refractivity contribution in [3.8, 4) is 0 Å². The Kier molecular flexibility index (Phi) is 6.76. The van der Waals surface area contributed by atoms with Crippen molar-refractivity contribution >= 4 is 16.0 Å². The Hall–Kier alpha value is -0.660. The number of hydrogen-bond acceptors (Lipinski definition) is 4. The Morgan fingerprint density at radius 3 is 2.44 bits per heavy atom. The van der Waals surface area contributed by atoms with Crippen molar-refractivity contribution in [1.82, 2.24) is 5.32 Å². The summed E-state index contributed by atoms with van der Waals surface area (Å²) >= 11 is 0. The molecule has 1 amide bonds. The minimum absolute atomic E-state index is 0.0346. The molecule has 0 radical (unpaired) electrons. The highest BCUT2D eigenvalue weighted by Gasteiger charge is 2.60. The van der Waals surface area contributed by atoms with Gasteiger partial charge in [0.2, 0.25) is 5.91 Å². The lowest BCUT2D eigenvalue weighted by molar-refractivity contribution is -0.131. The first-order valence-electron chi connectivity index (χ1n) is 12.8. The number of amides is 1. The number of aliphatic hydroxyl groups is 1. The monoisotopic (exact) mass is 469 g/mol. The third-order valence-electron chi connectivity index (χ3n) is 10.6. The normalized spacial score (nSPS) is 44.8. The summed E-state index contributed by atoms with van der Waals surface area (Å²) in [5, 5.41) is 12.9. The molecule has 184 valence electrons. The van der Waals surface area contributed by atoms with Gasteiger partial charge in [0.15, 0.2) is 0 Å². The lowest BCUT2D eigenvalue weighted by atomic mass is 9.44. The van der Waals surface area contributed by atoms with Crippen LogP contribution in [0.2, 0.25) is 0 Å². The zero-order valence-electron chi connectivity index (χ0n) is 20.1. The molecule has 4 fully saturated rings. The van der Waals surface area contributed by atoms with E-state index in [1.807, 2.05) is 0 Å². The van der Waals surface area contributed by atoms with Gasteiger partial charge < -0.3 is 10.4 Å². The molecule has 0 saturated heterocycles. The molecular weight excluding hydrogens is 426 g/mol. The van der Waals surface area contributed by atoms with E-state index in [1.54, 1.807) is 0 Å². The molecule has 32 heavy (non-hydrogen) atoms. The second-order valence-electron chi connectivity index (χ2n) is 12.1. The maximum atomic E-state index is 12.4. The fraction of sp³-hybridized carbons (Fsp3) is 0.960. The Morgan fingerprint density at radius 2 is 1.72 bits per heavy atom. The van der Waals surface area contributed by atoms with Crippen molar-refractivity contribution in [2.45, 2.75) is 91.1 Å². The highest BCUT2D eigenvalue weighted by molar-refractivity contribution is 7.85. The quantitative estimate of drug-likeness (QED) is 0.510. The first-order chi connectivity index (χ1) is 14.9. The first-order valence-corrected chi connectivity index (χ1v) is 14.4. The van der Waals surface area contributed by atoms with Gasteiger partial charge in [0.1, 0.15) is 0 Å². The molecule has 4 aliphatic carbocycles. The molecule has 0 aromatic rings. The third kappa shape index (κ3) is 4.50. The standard InChI is InChI=1S/C25H43NO5S/c1-16(14-23(28)26-12-13-32(29,30)31)20-6-7-21-19-5-4-17-15-18(27)8-10-24(17,2)22(19)9-11-25(20,21)3/h16-22,27H,4-15H2,1-3H3,(H,26,28)(H,29,30,31)/t16-,17-,18-,19+,20-,21+,22+,24+,25-/m1/s1. The van der Waals surface area contributed by atoms with Crippen LogP contribution < -0.4 is 5.32 Å². The molecule has 7 heteroatoms. The number of aliphatic hydroxyl groups excluding tert-OH is 1. The smallest absolute Gasteiger partial charge is 0.266 e. The van der Waals surface area contributed by atoms with E-state index in [1.165, 1.54) is 44.9 Å². The number of carbonyl (C=O) groups is 1. The van der Waals surface area contributed by atoms with E-state index < -0.39 is 15.9 Å². The van der Waals surface area contributed by atoms with E-state index in [0.29, 0.717) is 23.7 Å². The highest BCUT2D eigenvalue weighted by atomic mass is 32.2. The fourth-order valence-electron chi connectivity index (χ4n) is 9.04. The van der Waals surface area contributed by atoms with E-state index in [2.05, 4.69) is 26.1 Å². The largest absolute Gasteiger partial charge is 0.393 e. The maximum Gasteiger partial charge on any atom is 0.266 e. The molecule has 4 saturated carbocycles. The number of fused-ring (bicyclic) bond motifs is 5. The summed E-state index contributed by atoms with van der Waals surface area (Å²) in [6.07, 6.45) is 11.0. The lowest BCUT2D eigenvalue weighted by Gasteiger charge is -2.61. The van der Waals surface area contributed by atoms with Gasteiger partial charge in [-0.3, -0.25) is 9.35 Å². The summed E-state index contributed by atoms with van der Waals surface area (Å²) < 4.78 is 30.6. The molecule has 6 nitrogen and oxygen atoms in total. The molecular formula is C25H43NO5S. The number of nitrogens with one attached hydrogen (secondary N) is 1. The van der Waals surface area contributed by atoms with E-state index in [-0.39, 0.29) is 29.9 Å². The molecule has 0 aromatic heterocycles. The average Bonchev–Trinajstić information content (AvgIpc) is 3.05. The predicted molar refractivity (Wildman–Crippen MR) is 124 cm³/mol. The number of carbonyl (C=O) groups excluding carboxylic acids is 1. The second-order valence-corrected chi connectivity index (χ2v) is 13.7. The summed E-state index contributed by atoms with van der Waals surface area (Å²) in [5.41, 5.74) is 0.673. The predicted octanol–water partition coefficient (Wildman–Crippen LogP) is 4.04. The van der Waals surface area contributed by atoms with Gasteiger partial charge in [-0.05, 0) is 104 Å². The van der Waals surface area contributed by atoms with Gasteiger partial charge in [0, 0.05) is 13.0 Å². The summed E-state index contributed by atoms with van der Waals surface area (Å²) in [6.45, 7) is 7.16. The van der Waals surface area contributed by atoms with Crippen LogP contribution in [-0.4, -0.2) is 42.4 Å². The van der Waals surface area contributed by atoms with E-state index >= 15 is 0 Å². The highest BCUT2D eigenvalue weighted by Crippen LogP contribution is 2.68. The van der Waals surface area contributed by atoms with Crippen LogP contribution in [0.25, 0.3) is 0 Å². The first kappa shape index (κ1) is 24.5. The fourth-order valence-corrected chi connectivity index (χ4v) is 9.40. The summed E-state index contributed by atoms with van der Waals surface area (Å²) in [4.78, 5) is 12.4. The van der Waals surface area contributed by atoms with E-state index in [4.69, 9.17) is 4.55 Å². The van der Waals surface area contributed by atoms with Crippen LogP contribution in [0.4, 0.5) is 0 Å². The van der Waals surface area contributed by atoms with Gasteiger partial charge in [-0.2, -0.15) is 8.42 Å². The molecule has 9 atom stereocenters. The van der Waals surface area contributed by atoms with Crippen molar-refractivity contribution in [2.24, 2.45) is 46.3 Å². The van der Waals surface area contributed by atoms with Crippen LogP contribution in [0.1, 0.15) is 85.0 Å². The van der Waals surface area contributed by atoms with E-state index in [9.17, 15) is 18.3 Å². The van der Waals surface area contributed by atoms with Crippen molar-refractivity contribution < 1.29 is 22.9 Å². The van der Waals surface area contributed by atoms with Crippen LogP contribution in [-0.2, 0) is 14.9 Å². The Bertz CT molecular complexity index is 815. The third-order valence-corrected chi connectivity index (χ3v) is 11.3. The molecule has 3 N–H and O–H groups in total. The second kappa shape index (κ2) is 8.84. The van der Waals surface area contributed by atoms with Crippen molar-refractivity contribution in [3.05, 3.63) is 0 Å². The van der Waals surface area contributed by atoms with Crippen LogP contribution >= 0.6 is 0 Å². The zero-order valence-corrected chi connectivity index (χ0v) is 20.9. The topological polar surface area (TPSA) is 104 Å². The van der Waals surface area contributed by atoms with Gasteiger partial charge in [0.25, 0.3) is 10.1 Å². The molecule has 0 heterocycles. The zero-order chi connectivity index (χ0) is 23.3. The molecule has 0 spiro atoms. The maximum absolute atomic E-state index is 12.4. The molecule has 0 aromatic carbocycles. The van der Waals surface area contributed by atoms with Crippen molar-refractivity contribution in [2.75, 3.05) is 12.3 Å². The Morgan fingerprint density at radius 1 is 1.03 bits per heavy atom. The summed E-state index contributed by atoms with van der Waals surface area (Å²) in [7, 11) is -4.05. The van der Waals surface area contributed by atoms with Crippen molar-refractivity contribution in [1.29, 1.82) is 0 Å². The molecule has 0 unspecified atom stereocenters. The molecule has 0 aliphatic heterocycles. The minimum atomic E-state index is -4.05. The van der Waals surface area contributed by atoms with Gasteiger partial charge in [-0.1, -0.05) is 20.8 Å². The Labute approximate surface area is 194 Å². The van der Waals surface area contributed by atoms with Gasteiger partial charge >= 0.3 is 0 Å². The van der Waals surface area contributed by atoms with Crippen LogP contribution in [0.5, 0.6) is 0 Å². The lowest BCUT2D eigenvalue weighted by Crippen LogP contribution is -2.54. The van der Waals surface area contributed by atoms with Gasteiger partial charge in [-0.15, -0.1) is 0 Å². The van der Waals surface area contributed by atoms with Crippen LogP contribution in [0.3, 0.4) is 0 Å². The van der Waals surface area contributed by atoms with Crippen molar-refractivity contribution in [3.63, 3.8) is 0 Å². The van der Waals surface area contributed by atoms with Crippen LogP contribution in [0.15, 0.2) is 0 Å². The Balaban J connectivity index is 1.40. The molecule has 4 rings (SSSR count).